The fourth-order valence-electron chi connectivity index (χ4n) is 3.57. The highest BCUT2D eigenvalue weighted by molar-refractivity contribution is 6.32. The first-order valence-corrected chi connectivity index (χ1v) is 8.77. The van der Waals surface area contributed by atoms with Crippen LogP contribution in [0.4, 0.5) is 0 Å². The molecule has 0 spiro atoms. The molecular formula is C22H27ClO. The lowest BCUT2D eigenvalue weighted by Crippen LogP contribution is -2.14. The van der Waals surface area contributed by atoms with Crippen LogP contribution in [0, 0.1) is 62.3 Å². The highest BCUT2D eigenvalue weighted by atomic mass is 35.5. The van der Waals surface area contributed by atoms with Gasteiger partial charge in [0.25, 0.3) is 0 Å². The summed E-state index contributed by atoms with van der Waals surface area (Å²) in [5, 5.41) is 0.770. The molecule has 0 saturated heterocycles. The van der Waals surface area contributed by atoms with Crippen LogP contribution in [0.3, 0.4) is 0 Å². The van der Waals surface area contributed by atoms with Gasteiger partial charge in [-0.1, -0.05) is 11.6 Å². The van der Waals surface area contributed by atoms with E-state index in [2.05, 4.69) is 34.6 Å². The molecule has 0 aliphatic heterocycles. The van der Waals surface area contributed by atoms with Crippen LogP contribution in [0.5, 0.6) is 0 Å². The van der Waals surface area contributed by atoms with Crippen molar-refractivity contribution in [1.29, 1.82) is 0 Å². The maximum Gasteiger partial charge on any atom is 0.194 e. The lowest BCUT2D eigenvalue weighted by Gasteiger charge is -2.21. The molecule has 0 atom stereocenters. The third kappa shape index (κ3) is 2.59. The van der Waals surface area contributed by atoms with E-state index in [0.29, 0.717) is 0 Å². The van der Waals surface area contributed by atoms with Crippen molar-refractivity contribution in [3.63, 3.8) is 0 Å². The van der Waals surface area contributed by atoms with E-state index in [0.717, 1.165) is 49.5 Å². The van der Waals surface area contributed by atoms with E-state index in [1.807, 2.05) is 27.7 Å². The van der Waals surface area contributed by atoms with E-state index in [1.54, 1.807) is 0 Å². The molecule has 0 saturated carbocycles. The van der Waals surface area contributed by atoms with Crippen LogP contribution < -0.4 is 0 Å². The molecule has 0 aromatic heterocycles. The molecule has 0 aliphatic rings. The molecule has 0 unspecified atom stereocenters. The van der Waals surface area contributed by atoms with E-state index in [-0.39, 0.29) is 5.78 Å². The quantitative estimate of drug-likeness (QED) is 0.581. The Kier molecular flexibility index (Phi) is 4.97. The van der Waals surface area contributed by atoms with Crippen LogP contribution >= 0.6 is 11.6 Å². The third-order valence-electron chi connectivity index (χ3n) is 5.99. The highest BCUT2D eigenvalue weighted by Gasteiger charge is 2.24. The number of benzene rings is 2. The standard InChI is InChI=1S/C22H27ClO/c1-10-11(2)13(4)19(14(5)12(10)3)22(24)20-15(6)17(8)21(23)18(9)16(20)7/h1-9H3. The Hall–Kier alpha value is -1.60. The predicted octanol–water partition coefficient (Wildman–Crippen LogP) is 6.35. The van der Waals surface area contributed by atoms with Gasteiger partial charge >= 0.3 is 0 Å². The van der Waals surface area contributed by atoms with E-state index < -0.39 is 0 Å². The molecule has 128 valence electrons. The summed E-state index contributed by atoms with van der Waals surface area (Å²) >= 11 is 6.43. The van der Waals surface area contributed by atoms with Gasteiger partial charge in [0.15, 0.2) is 5.78 Å². The Labute approximate surface area is 151 Å². The molecule has 1 nitrogen and oxygen atoms in total. The van der Waals surface area contributed by atoms with Crippen molar-refractivity contribution in [2.45, 2.75) is 62.3 Å². The first-order chi connectivity index (χ1) is 11.0. The monoisotopic (exact) mass is 342 g/mol. The Balaban J connectivity index is 2.87. The number of hydrogen-bond donors (Lipinski definition) is 0. The van der Waals surface area contributed by atoms with Crippen molar-refractivity contribution < 1.29 is 4.79 Å². The highest BCUT2D eigenvalue weighted by Crippen LogP contribution is 2.34. The zero-order valence-electron chi connectivity index (χ0n) is 16.3. The maximum atomic E-state index is 13.5. The Morgan fingerprint density at radius 3 is 1.08 bits per heavy atom. The summed E-state index contributed by atoms with van der Waals surface area (Å²) in [5.74, 6) is 0.120. The molecule has 0 radical (unpaired) electrons. The minimum Gasteiger partial charge on any atom is -0.289 e. The van der Waals surface area contributed by atoms with Crippen LogP contribution in [0.1, 0.15) is 66.0 Å². The Bertz CT molecular complexity index is 743. The van der Waals surface area contributed by atoms with Gasteiger partial charge in [0.05, 0.1) is 0 Å². The molecule has 0 N–H and O–H groups in total. The summed E-state index contributed by atoms with van der Waals surface area (Å²) < 4.78 is 0. The van der Waals surface area contributed by atoms with Crippen molar-refractivity contribution in [1.82, 2.24) is 0 Å². The molecule has 2 aromatic rings. The van der Waals surface area contributed by atoms with Gasteiger partial charge in [0, 0.05) is 16.1 Å². The first kappa shape index (κ1) is 18.7. The molecular weight excluding hydrogens is 316 g/mol. The number of carbonyl (C=O) groups is 1. The molecule has 24 heavy (non-hydrogen) atoms. The van der Waals surface area contributed by atoms with E-state index >= 15 is 0 Å². The second-order valence-electron chi connectivity index (χ2n) is 7.02. The van der Waals surface area contributed by atoms with Crippen LogP contribution in [-0.4, -0.2) is 5.78 Å². The number of carbonyl (C=O) groups excluding carboxylic acids is 1. The summed E-state index contributed by atoms with van der Waals surface area (Å²) in [6.45, 7) is 18.4. The van der Waals surface area contributed by atoms with Crippen molar-refractivity contribution in [3.8, 4) is 0 Å². The van der Waals surface area contributed by atoms with Gasteiger partial charge in [0.2, 0.25) is 0 Å². The average molecular weight is 343 g/mol. The molecule has 0 bridgehead atoms. The lowest BCUT2D eigenvalue weighted by atomic mass is 9.83. The summed E-state index contributed by atoms with van der Waals surface area (Å²) in [4.78, 5) is 13.5. The number of halogens is 1. The average Bonchev–Trinajstić information content (AvgIpc) is 2.55. The van der Waals surface area contributed by atoms with E-state index in [9.17, 15) is 4.79 Å². The molecule has 0 amide bonds. The van der Waals surface area contributed by atoms with Crippen LogP contribution in [0.15, 0.2) is 0 Å². The predicted molar refractivity (Wildman–Crippen MR) is 104 cm³/mol. The minimum atomic E-state index is 0.120. The molecule has 2 aromatic carbocycles. The van der Waals surface area contributed by atoms with E-state index in [1.165, 1.54) is 16.7 Å². The Morgan fingerprint density at radius 2 is 0.750 bits per heavy atom. The Morgan fingerprint density at radius 1 is 0.500 bits per heavy atom. The van der Waals surface area contributed by atoms with Crippen LogP contribution in [0.2, 0.25) is 5.02 Å². The fourth-order valence-corrected chi connectivity index (χ4v) is 3.86. The fraction of sp³-hybridized carbons (Fsp3) is 0.409. The minimum absolute atomic E-state index is 0.120. The van der Waals surface area contributed by atoms with E-state index in [4.69, 9.17) is 11.6 Å². The summed E-state index contributed by atoms with van der Waals surface area (Å²) in [7, 11) is 0. The second-order valence-corrected chi connectivity index (χ2v) is 7.40. The van der Waals surface area contributed by atoms with Crippen LogP contribution in [0.25, 0.3) is 0 Å². The SMILES string of the molecule is Cc1c(C)c(C)c(C(=O)c2c(C)c(C)c(Cl)c(C)c2C)c(C)c1C. The smallest absolute Gasteiger partial charge is 0.194 e. The normalized spacial score (nSPS) is 11.1. The van der Waals surface area contributed by atoms with Gasteiger partial charge in [-0.2, -0.15) is 0 Å². The van der Waals surface area contributed by atoms with Crippen molar-refractivity contribution in [2.75, 3.05) is 0 Å². The largest absolute Gasteiger partial charge is 0.289 e. The number of ketones is 1. The number of hydrogen-bond acceptors (Lipinski definition) is 1. The second kappa shape index (κ2) is 6.37. The number of rotatable bonds is 2. The molecule has 0 fully saturated rings. The third-order valence-corrected chi connectivity index (χ3v) is 6.55. The topological polar surface area (TPSA) is 17.1 Å². The van der Waals surface area contributed by atoms with Crippen molar-refractivity contribution in [3.05, 3.63) is 66.2 Å². The van der Waals surface area contributed by atoms with Crippen LogP contribution in [-0.2, 0) is 0 Å². The summed E-state index contributed by atoms with van der Waals surface area (Å²) in [5.41, 5.74) is 11.5. The molecule has 0 aliphatic carbocycles. The van der Waals surface area contributed by atoms with Gasteiger partial charge < -0.3 is 0 Å². The van der Waals surface area contributed by atoms with Gasteiger partial charge in [-0.15, -0.1) is 0 Å². The molecule has 2 rings (SSSR count). The van der Waals surface area contributed by atoms with Gasteiger partial charge in [-0.3, -0.25) is 4.79 Å². The zero-order chi connectivity index (χ0) is 18.5. The van der Waals surface area contributed by atoms with Gasteiger partial charge in [-0.25, -0.2) is 0 Å². The summed E-state index contributed by atoms with van der Waals surface area (Å²) in [6.07, 6.45) is 0. The summed E-state index contributed by atoms with van der Waals surface area (Å²) in [6, 6.07) is 0. The molecule has 0 heterocycles. The van der Waals surface area contributed by atoms with Crippen molar-refractivity contribution in [2.24, 2.45) is 0 Å². The van der Waals surface area contributed by atoms with Gasteiger partial charge in [-0.05, 0) is 112 Å². The lowest BCUT2D eigenvalue weighted by molar-refractivity contribution is 0.103. The van der Waals surface area contributed by atoms with Gasteiger partial charge in [0.1, 0.15) is 0 Å². The molecule has 2 heteroatoms. The first-order valence-electron chi connectivity index (χ1n) is 8.39. The zero-order valence-corrected chi connectivity index (χ0v) is 17.0. The van der Waals surface area contributed by atoms with Crippen molar-refractivity contribution >= 4 is 17.4 Å². The maximum absolute atomic E-state index is 13.5.